The Morgan fingerprint density at radius 2 is 1.71 bits per heavy atom. The maximum absolute atomic E-state index is 12.9. The van der Waals surface area contributed by atoms with Crippen LogP contribution < -0.4 is 10.1 Å². The molecule has 3 amide bonds. The fraction of sp³-hybridized carbons (Fsp3) is 0.348. The molecule has 0 spiro atoms. The van der Waals surface area contributed by atoms with Crippen molar-refractivity contribution in [1.82, 2.24) is 9.80 Å². The standard InChI is InChI=1S/C23H24F3N3O4S/c1-28(14-20(30)27-16-8-10-17(11-9-16)33-23(24,25)26)22(32)18-6-2-3-7-19(18)34-15-21(31)29-12-4-5-13-29/h2-3,6-11H,4-5,12-15H2,1H3,(H,27,30). The summed E-state index contributed by atoms with van der Waals surface area (Å²) in [4.78, 5) is 41.3. The maximum Gasteiger partial charge on any atom is 0.573 e. The molecule has 0 saturated carbocycles. The van der Waals surface area contributed by atoms with Gasteiger partial charge in [0.2, 0.25) is 11.8 Å². The third-order valence-corrected chi connectivity index (χ3v) is 6.08. The molecule has 0 atom stereocenters. The van der Waals surface area contributed by atoms with Gasteiger partial charge in [0, 0.05) is 30.7 Å². The summed E-state index contributed by atoms with van der Waals surface area (Å²) in [5.41, 5.74) is 0.641. The van der Waals surface area contributed by atoms with E-state index in [1.165, 1.54) is 35.8 Å². The number of nitrogens with one attached hydrogen (secondary N) is 1. The summed E-state index contributed by atoms with van der Waals surface area (Å²) < 4.78 is 40.5. The van der Waals surface area contributed by atoms with Crippen molar-refractivity contribution in [2.24, 2.45) is 0 Å². The molecule has 7 nitrogen and oxygen atoms in total. The quantitative estimate of drug-likeness (QED) is 0.560. The van der Waals surface area contributed by atoms with Gasteiger partial charge in [-0.2, -0.15) is 0 Å². The van der Waals surface area contributed by atoms with E-state index in [-0.39, 0.29) is 29.8 Å². The molecule has 1 fully saturated rings. The van der Waals surface area contributed by atoms with Gasteiger partial charge in [0.15, 0.2) is 0 Å². The summed E-state index contributed by atoms with van der Waals surface area (Å²) >= 11 is 1.28. The Bertz CT molecular complexity index is 1020. The molecule has 1 N–H and O–H groups in total. The van der Waals surface area contributed by atoms with Crippen molar-refractivity contribution in [3.63, 3.8) is 0 Å². The Morgan fingerprint density at radius 1 is 1.06 bits per heavy atom. The highest BCUT2D eigenvalue weighted by molar-refractivity contribution is 8.00. The van der Waals surface area contributed by atoms with Gasteiger partial charge in [-0.05, 0) is 49.2 Å². The highest BCUT2D eigenvalue weighted by Crippen LogP contribution is 2.26. The Labute approximate surface area is 199 Å². The molecule has 11 heteroatoms. The van der Waals surface area contributed by atoms with Crippen LogP contribution in [-0.2, 0) is 9.59 Å². The molecular formula is C23H24F3N3O4S. The van der Waals surface area contributed by atoms with Crippen LogP contribution in [0.2, 0.25) is 0 Å². The first kappa shape index (κ1) is 25.4. The number of rotatable bonds is 8. The molecule has 182 valence electrons. The van der Waals surface area contributed by atoms with Crippen LogP contribution in [-0.4, -0.2) is 66.3 Å². The molecule has 0 bridgehead atoms. The lowest BCUT2D eigenvalue weighted by molar-refractivity contribution is -0.274. The Balaban J connectivity index is 1.55. The van der Waals surface area contributed by atoms with E-state index >= 15 is 0 Å². The van der Waals surface area contributed by atoms with Crippen molar-refractivity contribution in [2.45, 2.75) is 24.1 Å². The van der Waals surface area contributed by atoms with Crippen molar-refractivity contribution < 1.29 is 32.3 Å². The normalized spacial score (nSPS) is 13.5. The summed E-state index contributed by atoms with van der Waals surface area (Å²) in [5.74, 6) is -1.06. The number of halogens is 3. The van der Waals surface area contributed by atoms with Crippen LogP contribution in [0.25, 0.3) is 0 Å². The minimum absolute atomic E-state index is 0.0316. The average molecular weight is 496 g/mol. The van der Waals surface area contributed by atoms with Gasteiger partial charge in [0.1, 0.15) is 5.75 Å². The molecule has 1 aliphatic heterocycles. The SMILES string of the molecule is CN(CC(=O)Nc1ccc(OC(F)(F)F)cc1)C(=O)c1ccccc1SCC(=O)N1CCCC1. The molecule has 1 saturated heterocycles. The Hall–Kier alpha value is -3.21. The second-order valence-corrected chi connectivity index (χ2v) is 8.67. The number of carbonyl (C=O) groups excluding carboxylic acids is 3. The number of ether oxygens (including phenoxy) is 1. The van der Waals surface area contributed by atoms with Crippen molar-refractivity contribution in [1.29, 1.82) is 0 Å². The second kappa shape index (κ2) is 11.3. The molecule has 34 heavy (non-hydrogen) atoms. The molecule has 3 rings (SSSR count). The van der Waals surface area contributed by atoms with Gasteiger partial charge in [-0.25, -0.2) is 0 Å². The van der Waals surface area contributed by atoms with Gasteiger partial charge in [-0.1, -0.05) is 12.1 Å². The largest absolute Gasteiger partial charge is 0.573 e. The lowest BCUT2D eigenvalue weighted by Gasteiger charge is -2.19. The number of anilines is 1. The zero-order valence-corrected chi connectivity index (χ0v) is 19.2. The molecule has 0 aliphatic carbocycles. The molecule has 1 aliphatic rings. The molecule has 0 aromatic heterocycles. The number of benzene rings is 2. The third-order valence-electron chi connectivity index (χ3n) is 5.03. The van der Waals surface area contributed by atoms with Gasteiger partial charge in [0.05, 0.1) is 17.9 Å². The minimum atomic E-state index is -4.80. The van der Waals surface area contributed by atoms with Crippen LogP contribution >= 0.6 is 11.8 Å². The first-order valence-corrected chi connectivity index (χ1v) is 11.5. The predicted molar refractivity (Wildman–Crippen MR) is 122 cm³/mol. The summed E-state index contributed by atoms with van der Waals surface area (Å²) in [6.45, 7) is 1.25. The average Bonchev–Trinajstić information content (AvgIpc) is 3.32. The monoisotopic (exact) mass is 495 g/mol. The van der Waals surface area contributed by atoms with Gasteiger partial charge < -0.3 is 19.9 Å². The van der Waals surface area contributed by atoms with Gasteiger partial charge in [-0.15, -0.1) is 24.9 Å². The van der Waals surface area contributed by atoms with Crippen LogP contribution in [0, 0.1) is 0 Å². The van der Waals surface area contributed by atoms with Crippen molar-refractivity contribution in [3.05, 3.63) is 54.1 Å². The molecule has 1 heterocycles. The highest BCUT2D eigenvalue weighted by atomic mass is 32.2. The first-order valence-electron chi connectivity index (χ1n) is 10.5. The van der Waals surface area contributed by atoms with E-state index in [4.69, 9.17) is 0 Å². The van der Waals surface area contributed by atoms with Crippen LogP contribution in [0.15, 0.2) is 53.4 Å². The number of hydrogen-bond acceptors (Lipinski definition) is 5. The second-order valence-electron chi connectivity index (χ2n) is 7.65. The number of nitrogens with zero attached hydrogens (tertiary/aromatic N) is 2. The smallest absolute Gasteiger partial charge is 0.406 e. The van der Waals surface area contributed by atoms with Crippen molar-refractivity contribution >= 4 is 35.2 Å². The van der Waals surface area contributed by atoms with Gasteiger partial charge >= 0.3 is 6.36 Å². The Kier molecular flexibility index (Phi) is 8.43. The molecule has 0 radical (unpaired) electrons. The molecule has 0 unspecified atom stereocenters. The number of likely N-dealkylation sites (tertiary alicyclic amines) is 1. The minimum Gasteiger partial charge on any atom is -0.406 e. The zero-order chi connectivity index (χ0) is 24.7. The van der Waals surface area contributed by atoms with E-state index in [2.05, 4.69) is 10.1 Å². The number of thioether (sulfide) groups is 1. The fourth-order valence-electron chi connectivity index (χ4n) is 3.40. The lowest BCUT2D eigenvalue weighted by atomic mass is 10.2. The summed E-state index contributed by atoms with van der Waals surface area (Å²) in [6.07, 6.45) is -2.79. The third kappa shape index (κ3) is 7.41. The van der Waals surface area contributed by atoms with Crippen molar-refractivity contribution in [3.8, 4) is 5.75 Å². The van der Waals surface area contributed by atoms with E-state index in [9.17, 15) is 27.6 Å². The first-order chi connectivity index (χ1) is 16.1. The number of likely N-dealkylation sites (N-methyl/N-ethyl adjacent to an activating group) is 1. The topological polar surface area (TPSA) is 79.0 Å². The van der Waals surface area contributed by atoms with E-state index < -0.39 is 18.0 Å². The van der Waals surface area contributed by atoms with E-state index in [1.807, 2.05) is 4.90 Å². The van der Waals surface area contributed by atoms with Crippen LogP contribution in [0.5, 0.6) is 5.75 Å². The molecular weight excluding hydrogens is 471 g/mol. The van der Waals surface area contributed by atoms with E-state index in [0.29, 0.717) is 10.5 Å². The highest BCUT2D eigenvalue weighted by Gasteiger charge is 2.31. The number of amides is 3. The lowest BCUT2D eigenvalue weighted by Crippen LogP contribution is -2.35. The fourth-order valence-corrected chi connectivity index (χ4v) is 4.35. The molecule has 2 aromatic carbocycles. The zero-order valence-electron chi connectivity index (χ0n) is 18.4. The summed E-state index contributed by atoms with van der Waals surface area (Å²) in [5, 5.41) is 2.53. The van der Waals surface area contributed by atoms with E-state index in [0.717, 1.165) is 38.1 Å². The Morgan fingerprint density at radius 3 is 2.35 bits per heavy atom. The van der Waals surface area contributed by atoms with Crippen LogP contribution in [0.4, 0.5) is 18.9 Å². The van der Waals surface area contributed by atoms with Crippen LogP contribution in [0.3, 0.4) is 0 Å². The number of hydrogen-bond donors (Lipinski definition) is 1. The van der Waals surface area contributed by atoms with E-state index in [1.54, 1.807) is 24.3 Å². The van der Waals surface area contributed by atoms with Crippen LogP contribution in [0.1, 0.15) is 23.2 Å². The van der Waals surface area contributed by atoms with Gasteiger partial charge in [0.25, 0.3) is 5.91 Å². The molecule has 2 aromatic rings. The number of alkyl halides is 3. The maximum atomic E-state index is 12.9. The number of carbonyl (C=O) groups is 3. The summed E-state index contributed by atoms with van der Waals surface area (Å²) in [7, 11) is 1.47. The van der Waals surface area contributed by atoms with Crippen molar-refractivity contribution in [2.75, 3.05) is 37.8 Å². The summed E-state index contributed by atoms with van der Waals surface area (Å²) in [6, 6.07) is 11.6. The van der Waals surface area contributed by atoms with Gasteiger partial charge in [-0.3, -0.25) is 14.4 Å². The predicted octanol–water partition coefficient (Wildman–Crippen LogP) is 4.01.